The van der Waals surface area contributed by atoms with E-state index in [0.717, 1.165) is 55.0 Å². The second-order valence-electron chi connectivity index (χ2n) is 13.6. The van der Waals surface area contributed by atoms with Gasteiger partial charge in [-0.2, -0.15) is 0 Å². The monoisotopic (exact) mass is 662 g/mol. The standard InChI is InChI=1S/C50H30O2/c1-2-10-31(11-3-1)32-20-22-33(23-21-32)50-42-16-8-14-36(34-24-26-40-38-12-4-6-18-46(38)51-48(40)28-34)44(42)30-45-37(15-9-17-43(45)50)35-25-27-41-39-13-5-7-19-47(39)52-49(41)29-35/h1-30H. The van der Waals surface area contributed by atoms with Crippen LogP contribution >= 0.6 is 0 Å². The van der Waals surface area contributed by atoms with Crippen LogP contribution in [0.4, 0.5) is 0 Å². The summed E-state index contributed by atoms with van der Waals surface area (Å²) in [4.78, 5) is 0. The van der Waals surface area contributed by atoms with Crippen LogP contribution < -0.4 is 0 Å². The summed E-state index contributed by atoms with van der Waals surface area (Å²) < 4.78 is 12.7. The second-order valence-corrected chi connectivity index (χ2v) is 13.6. The molecule has 0 aliphatic carbocycles. The van der Waals surface area contributed by atoms with Crippen LogP contribution in [0.3, 0.4) is 0 Å². The van der Waals surface area contributed by atoms with Gasteiger partial charge in [0.15, 0.2) is 0 Å². The molecule has 242 valence electrons. The number of rotatable bonds is 4. The predicted octanol–water partition coefficient (Wildman–Crippen LogP) is 14.5. The van der Waals surface area contributed by atoms with E-state index in [1.54, 1.807) is 0 Å². The summed E-state index contributed by atoms with van der Waals surface area (Å²) in [6.45, 7) is 0. The van der Waals surface area contributed by atoms with Gasteiger partial charge >= 0.3 is 0 Å². The Balaban J connectivity index is 1.18. The Kier molecular flexibility index (Phi) is 6.28. The maximum atomic E-state index is 6.36. The van der Waals surface area contributed by atoms with Crippen molar-refractivity contribution in [2.24, 2.45) is 0 Å². The van der Waals surface area contributed by atoms with Crippen molar-refractivity contribution in [2.45, 2.75) is 0 Å². The third-order valence-electron chi connectivity index (χ3n) is 10.7. The maximum Gasteiger partial charge on any atom is 0.136 e. The van der Waals surface area contributed by atoms with Crippen molar-refractivity contribution in [1.29, 1.82) is 0 Å². The van der Waals surface area contributed by atoms with Crippen molar-refractivity contribution in [1.82, 2.24) is 0 Å². The summed E-state index contributed by atoms with van der Waals surface area (Å²) in [6, 6.07) is 65.2. The van der Waals surface area contributed by atoms with Gasteiger partial charge in [0.05, 0.1) is 0 Å². The Bertz CT molecular complexity index is 2990. The highest BCUT2D eigenvalue weighted by atomic mass is 16.3. The van der Waals surface area contributed by atoms with Gasteiger partial charge in [0.25, 0.3) is 0 Å². The summed E-state index contributed by atoms with van der Waals surface area (Å²) >= 11 is 0. The molecular weight excluding hydrogens is 633 g/mol. The third kappa shape index (κ3) is 4.44. The molecule has 0 saturated heterocycles. The number of para-hydroxylation sites is 2. The number of hydrogen-bond donors (Lipinski definition) is 0. The van der Waals surface area contributed by atoms with E-state index in [9.17, 15) is 0 Å². The minimum absolute atomic E-state index is 0.896. The Hall–Kier alpha value is -6.90. The first-order valence-corrected chi connectivity index (χ1v) is 17.7. The number of benzene rings is 9. The normalized spacial score (nSPS) is 11.8. The molecule has 0 amide bonds. The SMILES string of the molecule is c1ccc(-c2ccc(-c3c4cccc(-c5ccc6c(c5)oc5ccccc56)c4cc4c(-c5ccc6c(c5)oc5ccccc56)cccc34)cc2)cc1. The minimum atomic E-state index is 0.896. The zero-order valence-corrected chi connectivity index (χ0v) is 28.1. The fourth-order valence-electron chi connectivity index (χ4n) is 8.23. The Labute approximate surface area is 299 Å². The number of hydrogen-bond acceptors (Lipinski definition) is 2. The fraction of sp³-hybridized carbons (Fsp3) is 0. The van der Waals surface area contributed by atoms with Gasteiger partial charge in [0.2, 0.25) is 0 Å². The van der Waals surface area contributed by atoms with Gasteiger partial charge in [-0.1, -0.05) is 140 Å². The van der Waals surface area contributed by atoms with Crippen LogP contribution in [0.1, 0.15) is 0 Å². The van der Waals surface area contributed by atoms with Crippen molar-refractivity contribution >= 4 is 65.4 Å². The van der Waals surface area contributed by atoms with Gasteiger partial charge in [-0.15, -0.1) is 0 Å². The van der Waals surface area contributed by atoms with Crippen molar-refractivity contribution in [3.8, 4) is 44.5 Å². The van der Waals surface area contributed by atoms with Gasteiger partial charge in [0, 0.05) is 21.5 Å². The third-order valence-corrected chi connectivity index (χ3v) is 10.7. The van der Waals surface area contributed by atoms with Gasteiger partial charge < -0.3 is 8.83 Å². The van der Waals surface area contributed by atoms with Gasteiger partial charge in [-0.25, -0.2) is 0 Å². The van der Waals surface area contributed by atoms with Crippen LogP contribution in [0.2, 0.25) is 0 Å². The van der Waals surface area contributed by atoms with Gasteiger partial charge in [0.1, 0.15) is 22.3 Å². The molecular formula is C50H30O2. The molecule has 2 aromatic heterocycles. The first-order valence-electron chi connectivity index (χ1n) is 17.7. The maximum absolute atomic E-state index is 6.36. The van der Waals surface area contributed by atoms with Crippen molar-refractivity contribution in [3.63, 3.8) is 0 Å². The Morgan fingerprint density at radius 2 is 0.654 bits per heavy atom. The Morgan fingerprint density at radius 3 is 1.21 bits per heavy atom. The summed E-state index contributed by atoms with van der Waals surface area (Å²) in [5.41, 5.74) is 13.0. The molecule has 0 atom stereocenters. The lowest BCUT2D eigenvalue weighted by atomic mass is 9.86. The summed E-state index contributed by atoms with van der Waals surface area (Å²) in [7, 11) is 0. The van der Waals surface area contributed by atoms with Gasteiger partial charge in [-0.3, -0.25) is 0 Å². The molecule has 0 bridgehead atoms. The fourth-order valence-corrected chi connectivity index (χ4v) is 8.23. The molecule has 0 spiro atoms. The van der Waals surface area contributed by atoms with Crippen LogP contribution in [0.25, 0.3) is 110 Å². The average molecular weight is 663 g/mol. The highest BCUT2D eigenvalue weighted by Crippen LogP contribution is 2.45. The molecule has 52 heavy (non-hydrogen) atoms. The molecule has 2 heterocycles. The molecule has 2 nitrogen and oxygen atoms in total. The lowest BCUT2D eigenvalue weighted by Gasteiger charge is -2.18. The van der Waals surface area contributed by atoms with E-state index >= 15 is 0 Å². The van der Waals surface area contributed by atoms with E-state index in [-0.39, 0.29) is 0 Å². The molecule has 0 aliphatic rings. The van der Waals surface area contributed by atoms with Gasteiger partial charge in [-0.05, 0) is 109 Å². The molecule has 0 N–H and O–H groups in total. The quantitative estimate of drug-likeness (QED) is 0.175. The lowest BCUT2D eigenvalue weighted by molar-refractivity contribution is 0.668. The van der Waals surface area contributed by atoms with E-state index in [4.69, 9.17) is 8.83 Å². The predicted molar refractivity (Wildman–Crippen MR) is 218 cm³/mol. The second kappa shape index (κ2) is 11.3. The minimum Gasteiger partial charge on any atom is -0.456 e. The molecule has 0 unspecified atom stereocenters. The Morgan fingerprint density at radius 1 is 0.231 bits per heavy atom. The smallest absolute Gasteiger partial charge is 0.136 e. The number of fused-ring (bicyclic) bond motifs is 8. The lowest BCUT2D eigenvalue weighted by Crippen LogP contribution is -1.91. The van der Waals surface area contributed by atoms with Crippen molar-refractivity contribution in [3.05, 3.63) is 182 Å². The molecule has 11 aromatic rings. The summed E-state index contributed by atoms with van der Waals surface area (Å²) in [6.07, 6.45) is 0. The topological polar surface area (TPSA) is 26.3 Å². The highest BCUT2D eigenvalue weighted by Gasteiger charge is 2.18. The molecule has 0 saturated carbocycles. The van der Waals surface area contributed by atoms with Crippen molar-refractivity contribution < 1.29 is 8.83 Å². The van der Waals surface area contributed by atoms with Crippen LogP contribution in [-0.4, -0.2) is 0 Å². The zero-order valence-electron chi connectivity index (χ0n) is 28.1. The van der Waals surface area contributed by atoms with E-state index < -0.39 is 0 Å². The van der Waals surface area contributed by atoms with Crippen LogP contribution in [0.5, 0.6) is 0 Å². The summed E-state index contributed by atoms with van der Waals surface area (Å²) in [5.74, 6) is 0. The first kappa shape index (κ1) is 28.9. The van der Waals surface area contributed by atoms with Crippen LogP contribution in [0.15, 0.2) is 191 Å². The molecule has 9 aromatic carbocycles. The molecule has 11 rings (SSSR count). The zero-order chi connectivity index (χ0) is 34.2. The molecule has 2 heteroatoms. The van der Waals surface area contributed by atoms with E-state index in [2.05, 4.69) is 158 Å². The largest absolute Gasteiger partial charge is 0.456 e. The van der Waals surface area contributed by atoms with E-state index in [1.807, 2.05) is 24.3 Å². The first-order chi connectivity index (χ1) is 25.8. The van der Waals surface area contributed by atoms with E-state index in [1.165, 1.54) is 54.9 Å². The van der Waals surface area contributed by atoms with Crippen LogP contribution in [-0.2, 0) is 0 Å². The average Bonchev–Trinajstić information content (AvgIpc) is 3.77. The van der Waals surface area contributed by atoms with Crippen LogP contribution in [0, 0.1) is 0 Å². The number of furan rings is 2. The van der Waals surface area contributed by atoms with Crippen molar-refractivity contribution in [2.75, 3.05) is 0 Å². The molecule has 0 aliphatic heterocycles. The summed E-state index contributed by atoms with van der Waals surface area (Å²) in [5, 5.41) is 9.37. The molecule has 0 radical (unpaired) electrons. The highest BCUT2D eigenvalue weighted by molar-refractivity contribution is 6.19. The van der Waals surface area contributed by atoms with E-state index in [0.29, 0.717) is 0 Å². The molecule has 0 fully saturated rings.